The number of fused-ring (bicyclic) bond motifs is 11. The van der Waals surface area contributed by atoms with E-state index >= 15 is 0 Å². The molecule has 1 aliphatic carbocycles. The van der Waals surface area contributed by atoms with Crippen LogP contribution in [-0.4, -0.2) is 14.8 Å². The van der Waals surface area contributed by atoms with Gasteiger partial charge in [-0.15, -0.1) is 0 Å². The van der Waals surface area contributed by atoms with Crippen LogP contribution in [0.15, 0.2) is 212 Å². The molecule has 2 aliphatic heterocycles. The van der Waals surface area contributed by atoms with Gasteiger partial charge < -0.3 is 4.90 Å². The summed E-state index contributed by atoms with van der Waals surface area (Å²) in [6.45, 7) is 14.4. The minimum Gasteiger partial charge on any atom is -0.310 e. The van der Waals surface area contributed by atoms with E-state index in [4.69, 9.17) is 0 Å². The number of nitrogens with zero attached hydrogens (tertiary/aromatic N) is 1. The number of anilines is 3. The lowest BCUT2D eigenvalue weighted by molar-refractivity contribution is 0.752. The van der Waals surface area contributed by atoms with Gasteiger partial charge in [-0.25, -0.2) is 0 Å². The van der Waals surface area contributed by atoms with Crippen molar-refractivity contribution < 1.29 is 0 Å². The Morgan fingerprint density at radius 1 is 0.403 bits per heavy atom. The zero-order valence-corrected chi connectivity index (χ0v) is 40.5. The van der Waals surface area contributed by atoms with Crippen LogP contribution in [0.1, 0.15) is 98.2 Å². The van der Waals surface area contributed by atoms with Gasteiger partial charge in [0.25, 0.3) is 0 Å². The van der Waals surface area contributed by atoms with Gasteiger partial charge in [-0.1, -0.05) is 246 Å². The van der Waals surface area contributed by atoms with Crippen LogP contribution >= 0.6 is 0 Å². The maximum absolute atomic E-state index is 3.00. The molecule has 1 nitrogen and oxygen atoms in total. The van der Waals surface area contributed by atoms with E-state index in [9.17, 15) is 0 Å². The molecule has 0 aromatic heterocycles. The van der Waals surface area contributed by atoms with Gasteiger partial charge in [0.1, 0.15) is 0 Å². The van der Waals surface area contributed by atoms with E-state index < -0.39 is 13.5 Å². The van der Waals surface area contributed by atoms with E-state index in [1.165, 1.54) is 104 Å². The fourth-order valence-corrected chi connectivity index (χ4v) is 18.1. The Bertz CT molecular complexity index is 3200. The predicted octanol–water partition coefficient (Wildman–Crippen LogP) is 11.4. The van der Waals surface area contributed by atoms with Crippen LogP contribution in [0.3, 0.4) is 0 Å². The predicted molar refractivity (Wildman–Crippen MR) is 289 cm³/mol. The molecule has 12 rings (SSSR count). The summed E-state index contributed by atoms with van der Waals surface area (Å²) in [7, 11) is -3.00. The van der Waals surface area contributed by atoms with E-state index in [0.717, 1.165) is 0 Å². The van der Waals surface area contributed by atoms with Gasteiger partial charge in [-0.2, -0.15) is 0 Å². The summed E-state index contributed by atoms with van der Waals surface area (Å²) in [6, 6.07) is 82.2. The summed E-state index contributed by atoms with van der Waals surface area (Å²) in [4.78, 5) is 2.60. The summed E-state index contributed by atoms with van der Waals surface area (Å²) < 4.78 is 0. The highest BCUT2D eigenvalue weighted by Crippen LogP contribution is 2.63. The van der Waals surface area contributed by atoms with E-state index in [2.05, 4.69) is 259 Å². The molecule has 324 valence electrons. The maximum Gasteiger partial charge on any atom is 0.241 e. The number of hydrogen-bond acceptors (Lipinski definition) is 1. The van der Waals surface area contributed by atoms with Crippen molar-refractivity contribution in [3.8, 4) is 11.1 Å². The molecular weight excluding hydrogens is 822 g/mol. The number of para-hydroxylation sites is 2. The van der Waals surface area contributed by atoms with Gasteiger partial charge >= 0.3 is 0 Å². The molecule has 0 amide bonds. The van der Waals surface area contributed by atoms with Crippen LogP contribution in [0.25, 0.3) is 11.1 Å². The fourth-order valence-electron chi connectivity index (χ4n) is 12.8. The van der Waals surface area contributed by atoms with Crippen LogP contribution in [0.4, 0.5) is 17.1 Å². The summed E-state index contributed by atoms with van der Waals surface area (Å²) in [5.74, 6) is 1.15. The summed E-state index contributed by atoms with van der Waals surface area (Å²) in [5, 5.41) is 5.77. The molecular formula is C64H56BNSi. The molecule has 0 saturated heterocycles. The molecule has 0 unspecified atom stereocenters. The first kappa shape index (κ1) is 41.5. The Labute approximate surface area is 398 Å². The quantitative estimate of drug-likeness (QED) is 0.144. The lowest BCUT2D eigenvalue weighted by atomic mass is 9.34. The first-order chi connectivity index (χ1) is 32.8. The molecule has 3 aliphatic rings. The summed E-state index contributed by atoms with van der Waals surface area (Å²) >= 11 is 0. The SMILES string of the molecule is CC(C)c1cc(C(C)C)c(B2c3ccccc3[Si](c3ccccc3)(c3ccccc3)c3cc(N4c5ccccc5C5(c6ccccc6-c6ccccc65)c5ccccc54)ccc32)c(C(C)C)c1. The van der Waals surface area contributed by atoms with Crippen LogP contribution < -0.4 is 42.0 Å². The third-order valence-corrected chi connectivity index (χ3v) is 20.5. The summed E-state index contributed by atoms with van der Waals surface area (Å²) in [5.41, 5.74) is 19.9. The molecule has 0 radical (unpaired) electrons. The third kappa shape index (κ3) is 5.87. The average Bonchev–Trinajstić information content (AvgIpc) is 3.66. The molecule has 0 atom stereocenters. The van der Waals surface area contributed by atoms with E-state index in [-0.39, 0.29) is 6.71 Å². The van der Waals surface area contributed by atoms with Crippen molar-refractivity contribution in [2.45, 2.75) is 64.7 Å². The van der Waals surface area contributed by atoms with Crippen molar-refractivity contribution in [2.24, 2.45) is 0 Å². The van der Waals surface area contributed by atoms with Gasteiger partial charge in [-0.05, 0) is 113 Å². The van der Waals surface area contributed by atoms with Crippen molar-refractivity contribution in [1.29, 1.82) is 0 Å². The van der Waals surface area contributed by atoms with Crippen molar-refractivity contribution in [2.75, 3.05) is 4.90 Å². The van der Waals surface area contributed by atoms with Crippen molar-refractivity contribution >= 4 is 69.0 Å². The van der Waals surface area contributed by atoms with Crippen LogP contribution in [-0.2, 0) is 5.41 Å². The fraction of sp³-hybridized carbons (Fsp3) is 0.156. The van der Waals surface area contributed by atoms with Gasteiger partial charge in [0.15, 0.2) is 8.07 Å². The lowest BCUT2D eigenvalue weighted by Crippen LogP contribution is -2.86. The molecule has 67 heavy (non-hydrogen) atoms. The van der Waals surface area contributed by atoms with Gasteiger partial charge in [0, 0.05) is 5.69 Å². The van der Waals surface area contributed by atoms with Crippen LogP contribution in [0, 0.1) is 0 Å². The first-order valence-electron chi connectivity index (χ1n) is 24.5. The zero-order chi connectivity index (χ0) is 45.6. The lowest BCUT2D eigenvalue weighted by Gasteiger charge is -2.46. The number of rotatable bonds is 7. The Balaban J connectivity index is 1.20. The van der Waals surface area contributed by atoms with E-state index in [1.807, 2.05) is 0 Å². The largest absolute Gasteiger partial charge is 0.310 e. The Hall–Kier alpha value is -6.94. The van der Waals surface area contributed by atoms with E-state index in [1.54, 1.807) is 0 Å². The normalized spacial score (nSPS) is 14.7. The van der Waals surface area contributed by atoms with Gasteiger partial charge in [0.2, 0.25) is 6.71 Å². The van der Waals surface area contributed by atoms with Crippen molar-refractivity contribution in [3.05, 3.63) is 251 Å². The summed E-state index contributed by atoms with van der Waals surface area (Å²) in [6.07, 6.45) is 0. The molecule has 2 heterocycles. The monoisotopic (exact) mass is 877 g/mol. The third-order valence-electron chi connectivity index (χ3n) is 15.6. The minimum absolute atomic E-state index is 0.0556. The second-order valence-corrected chi connectivity index (χ2v) is 23.8. The second kappa shape index (κ2) is 15.9. The first-order valence-corrected chi connectivity index (χ1v) is 26.5. The molecule has 0 bridgehead atoms. The highest BCUT2D eigenvalue weighted by Gasteiger charge is 2.53. The maximum atomic E-state index is 2.65. The highest BCUT2D eigenvalue weighted by atomic mass is 28.3. The van der Waals surface area contributed by atoms with Crippen molar-refractivity contribution in [3.63, 3.8) is 0 Å². The van der Waals surface area contributed by atoms with E-state index in [0.29, 0.717) is 17.8 Å². The topological polar surface area (TPSA) is 3.24 Å². The standard InChI is InChI=1S/C64H56BNSi/c1-42(2)45-39-51(43(3)4)63(52(40-45)44(5)6)65-57-33-19-22-36-61(57)67(47-23-9-7-10-24-47,48-25-11-8-12-26-48)62-41-46(37-38-58(62)65)66-59-34-20-17-31-55(59)64(56-32-18-21-35-60(56)66)53-29-15-13-27-49(53)50-28-14-16-30-54(50)64/h7-44H,1-6H3. The molecule has 1 spiro atoms. The Kier molecular flexibility index (Phi) is 9.82. The molecule has 9 aromatic rings. The minimum atomic E-state index is -3.00. The van der Waals surface area contributed by atoms with Crippen LogP contribution in [0.2, 0.25) is 0 Å². The van der Waals surface area contributed by atoms with Gasteiger partial charge in [0.05, 0.1) is 16.8 Å². The molecule has 0 N–H and O–H groups in total. The second-order valence-electron chi connectivity index (χ2n) is 20.1. The Morgan fingerprint density at radius 2 is 0.851 bits per heavy atom. The highest BCUT2D eigenvalue weighted by molar-refractivity contribution is 7.26. The smallest absolute Gasteiger partial charge is 0.241 e. The molecule has 9 aromatic carbocycles. The molecule has 0 saturated carbocycles. The van der Waals surface area contributed by atoms with Crippen LogP contribution in [0.5, 0.6) is 0 Å². The van der Waals surface area contributed by atoms with Gasteiger partial charge in [-0.3, -0.25) is 0 Å². The zero-order valence-electron chi connectivity index (χ0n) is 39.5. The number of hydrogen-bond donors (Lipinski definition) is 0. The molecule has 3 heteroatoms. The molecule has 0 fully saturated rings. The number of benzene rings is 9. The Morgan fingerprint density at radius 3 is 1.37 bits per heavy atom. The average molecular weight is 878 g/mol. The van der Waals surface area contributed by atoms with Crippen molar-refractivity contribution in [1.82, 2.24) is 0 Å².